The summed E-state index contributed by atoms with van der Waals surface area (Å²) < 4.78 is 0.762. The number of hydrogen-bond acceptors (Lipinski definition) is 2. The van der Waals surface area contributed by atoms with E-state index in [1.54, 1.807) is 12.1 Å². The molecule has 1 atom stereocenters. The van der Waals surface area contributed by atoms with Gasteiger partial charge in [0.15, 0.2) is 0 Å². The van der Waals surface area contributed by atoms with Crippen LogP contribution < -0.4 is 11.1 Å². The standard InChI is InChI=1S/C13H17BrCl2N2O/c1-7(2)3-8(6-17)13(19)18-12-10(15)4-9(14)5-11(12)16/h4-5,7-8H,3,6,17H2,1-2H3,(H,18,19). The van der Waals surface area contributed by atoms with Gasteiger partial charge in [-0.3, -0.25) is 4.79 Å². The molecule has 106 valence electrons. The average Bonchev–Trinajstić information content (AvgIpc) is 2.30. The van der Waals surface area contributed by atoms with Crippen LogP contribution in [0.4, 0.5) is 5.69 Å². The largest absolute Gasteiger partial charge is 0.330 e. The third kappa shape index (κ3) is 4.95. The Morgan fingerprint density at radius 1 is 1.37 bits per heavy atom. The number of halogens is 3. The van der Waals surface area contributed by atoms with Gasteiger partial charge in [-0.05, 0) is 24.5 Å². The minimum Gasteiger partial charge on any atom is -0.330 e. The minimum absolute atomic E-state index is 0.151. The zero-order valence-corrected chi connectivity index (χ0v) is 13.9. The van der Waals surface area contributed by atoms with Gasteiger partial charge in [0.05, 0.1) is 21.7 Å². The van der Waals surface area contributed by atoms with E-state index in [1.165, 1.54) is 0 Å². The molecular formula is C13H17BrCl2N2O. The van der Waals surface area contributed by atoms with Gasteiger partial charge in [-0.2, -0.15) is 0 Å². The molecule has 0 fully saturated rings. The second-order valence-corrected chi connectivity index (χ2v) is 6.53. The van der Waals surface area contributed by atoms with Crippen LogP contribution in [-0.2, 0) is 4.79 Å². The maximum Gasteiger partial charge on any atom is 0.228 e. The fraction of sp³-hybridized carbons (Fsp3) is 0.462. The summed E-state index contributed by atoms with van der Waals surface area (Å²) in [5.41, 5.74) is 6.07. The average molecular weight is 368 g/mol. The maximum atomic E-state index is 12.1. The van der Waals surface area contributed by atoms with Crippen molar-refractivity contribution in [1.29, 1.82) is 0 Å². The molecule has 0 aliphatic rings. The molecule has 0 aliphatic heterocycles. The molecule has 0 aromatic heterocycles. The van der Waals surface area contributed by atoms with Gasteiger partial charge in [-0.15, -0.1) is 0 Å². The number of carbonyl (C=O) groups excluding carboxylic acids is 1. The third-order valence-electron chi connectivity index (χ3n) is 2.67. The number of hydrogen-bond donors (Lipinski definition) is 2. The van der Waals surface area contributed by atoms with E-state index in [9.17, 15) is 4.79 Å². The van der Waals surface area contributed by atoms with Crippen LogP contribution in [0.2, 0.25) is 10.0 Å². The van der Waals surface area contributed by atoms with Crippen LogP contribution >= 0.6 is 39.1 Å². The van der Waals surface area contributed by atoms with Gasteiger partial charge in [-0.25, -0.2) is 0 Å². The predicted molar refractivity (Wildman–Crippen MR) is 84.8 cm³/mol. The lowest BCUT2D eigenvalue weighted by Gasteiger charge is -2.18. The number of benzene rings is 1. The first kappa shape index (κ1) is 16.8. The van der Waals surface area contributed by atoms with Crippen LogP contribution in [0, 0.1) is 11.8 Å². The molecule has 0 spiro atoms. The highest BCUT2D eigenvalue weighted by Crippen LogP contribution is 2.34. The molecule has 0 saturated heterocycles. The van der Waals surface area contributed by atoms with E-state index in [0.29, 0.717) is 28.2 Å². The number of nitrogens with one attached hydrogen (secondary N) is 1. The number of amides is 1. The fourth-order valence-electron chi connectivity index (χ4n) is 1.77. The topological polar surface area (TPSA) is 55.1 Å². The molecular weight excluding hydrogens is 351 g/mol. The Kier molecular flexibility index (Phi) is 6.60. The van der Waals surface area contributed by atoms with E-state index < -0.39 is 0 Å². The molecule has 1 aromatic carbocycles. The summed E-state index contributed by atoms with van der Waals surface area (Å²) >= 11 is 15.4. The van der Waals surface area contributed by atoms with Crippen LogP contribution in [0.1, 0.15) is 20.3 Å². The first-order chi connectivity index (χ1) is 8.85. The second kappa shape index (κ2) is 7.48. The van der Waals surface area contributed by atoms with Crippen LogP contribution in [0.5, 0.6) is 0 Å². The summed E-state index contributed by atoms with van der Waals surface area (Å²) in [4.78, 5) is 12.1. The van der Waals surface area contributed by atoms with Crippen molar-refractivity contribution >= 4 is 50.7 Å². The highest BCUT2D eigenvalue weighted by Gasteiger charge is 2.20. The molecule has 1 aromatic rings. The molecule has 3 nitrogen and oxygen atoms in total. The fourth-order valence-corrected chi connectivity index (χ4v) is 3.07. The minimum atomic E-state index is -0.240. The van der Waals surface area contributed by atoms with E-state index in [-0.39, 0.29) is 11.8 Å². The van der Waals surface area contributed by atoms with Crippen LogP contribution in [0.3, 0.4) is 0 Å². The van der Waals surface area contributed by atoms with E-state index in [0.717, 1.165) is 10.9 Å². The van der Waals surface area contributed by atoms with Gasteiger partial charge in [-0.1, -0.05) is 53.0 Å². The van der Waals surface area contributed by atoms with Crippen molar-refractivity contribution < 1.29 is 4.79 Å². The van der Waals surface area contributed by atoms with E-state index >= 15 is 0 Å². The zero-order chi connectivity index (χ0) is 14.6. The van der Waals surface area contributed by atoms with E-state index in [2.05, 4.69) is 35.1 Å². The van der Waals surface area contributed by atoms with Crippen molar-refractivity contribution in [3.8, 4) is 0 Å². The Bertz CT molecular complexity index is 443. The van der Waals surface area contributed by atoms with E-state index in [1.807, 2.05) is 0 Å². The van der Waals surface area contributed by atoms with Crippen LogP contribution in [0.15, 0.2) is 16.6 Å². The van der Waals surface area contributed by atoms with Gasteiger partial charge >= 0.3 is 0 Å². The Labute approximate surface area is 132 Å². The van der Waals surface area contributed by atoms with Gasteiger partial charge in [0.1, 0.15) is 0 Å². The summed E-state index contributed by atoms with van der Waals surface area (Å²) in [6.07, 6.45) is 0.730. The number of rotatable bonds is 5. The molecule has 0 radical (unpaired) electrons. The molecule has 0 aliphatic carbocycles. The normalized spacial score (nSPS) is 12.6. The summed E-state index contributed by atoms with van der Waals surface area (Å²) in [5, 5.41) is 3.55. The molecule has 3 N–H and O–H groups in total. The van der Waals surface area contributed by atoms with Crippen LogP contribution in [0.25, 0.3) is 0 Å². The molecule has 6 heteroatoms. The number of anilines is 1. The summed E-state index contributed by atoms with van der Waals surface area (Å²) in [7, 11) is 0. The lowest BCUT2D eigenvalue weighted by atomic mass is 9.96. The summed E-state index contributed by atoms with van der Waals surface area (Å²) in [5.74, 6) is 0.00765. The van der Waals surface area contributed by atoms with Crippen molar-refractivity contribution in [1.82, 2.24) is 0 Å². The highest BCUT2D eigenvalue weighted by molar-refractivity contribution is 9.10. The molecule has 1 rings (SSSR count). The lowest BCUT2D eigenvalue weighted by Crippen LogP contribution is -2.30. The quantitative estimate of drug-likeness (QED) is 0.814. The molecule has 1 unspecified atom stereocenters. The first-order valence-electron chi connectivity index (χ1n) is 6.00. The highest BCUT2D eigenvalue weighted by atomic mass is 79.9. The van der Waals surface area contributed by atoms with E-state index in [4.69, 9.17) is 28.9 Å². The van der Waals surface area contributed by atoms with Gasteiger partial charge in [0, 0.05) is 11.0 Å². The van der Waals surface area contributed by atoms with Crippen molar-refractivity contribution in [2.45, 2.75) is 20.3 Å². The van der Waals surface area contributed by atoms with Crippen molar-refractivity contribution in [2.75, 3.05) is 11.9 Å². The van der Waals surface area contributed by atoms with Gasteiger partial charge < -0.3 is 11.1 Å². The monoisotopic (exact) mass is 366 g/mol. The number of carbonyl (C=O) groups is 1. The summed E-state index contributed by atoms with van der Waals surface area (Å²) in [6, 6.07) is 3.37. The molecule has 19 heavy (non-hydrogen) atoms. The molecule has 0 heterocycles. The number of nitrogens with two attached hydrogens (primary N) is 1. The van der Waals surface area contributed by atoms with Crippen molar-refractivity contribution in [3.05, 3.63) is 26.7 Å². The van der Waals surface area contributed by atoms with Crippen LogP contribution in [-0.4, -0.2) is 12.5 Å². The Morgan fingerprint density at radius 2 is 1.89 bits per heavy atom. The predicted octanol–water partition coefficient (Wildman–Crippen LogP) is 4.32. The second-order valence-electron chi connectivity index (χ2n) is 4.80. The zero-order valence-electron chi connectivity index (χ0n) is 10.8. The smallest absolute Gasteiger partial charge is 0.228 e. The Morgan fingerprint density at radius 3 is 2.32 bits per heavy atom. The molecule has 0 saturated carbocycles. The van der Waals surface area contributed by atoms with Gasteiger partial charge in [0.2, 0.25) is 5.91 Å². The first-order valence-corrected chi connectivity index (χ1v) is 7.55. The third-order valence-corrected chi connectivity index (χ3v) is 3.72. The molecule has 1 amide bonds. The maximum absolute atomic E-state index is 12.1. The summed E-state index contributed by atoms with van der Waals surface area (Å²) in [6.45, 7) is 4.40. The SMILES string of the molecule is CC(C)CC(CN)C(=O)Nc1c(Cl)cc(Br)cc1Cl. The Balaban J connectivity index is 2.87. The Hall–Kier alpha value is -0.290. The molecule has 0 bridgehead atoms. The lowest BCUT2D eigenvalue weighted by molar-refractivity contribution is -0.120. The van der Waals surface area contributed by atoms with Crippen molar-refractivity contribution in [2.24, 2.45) is 17.6 Å². The van der Waals surface area contributed by atoms with Crippen molar-refractivity contribution in [3.63, 3.8) is 0 Å². The van der Waals surface area contributed by atoms with Gasteiger partial charge in [0.25, 0.3) is 0 Å².